The van der Waals surface area contributed by atoms with Gasteiger partial charge in [-0.2, -0.15) is 0 Å². The number of esters is 2. The van der Waals surface area contributed by atoms with Gasteiger partial charge in [-0.1, -0.05) is 168 Å². The van der Waals surface area contributed by atoms with Crippen molar-refractivity contribution in [2.24, 2.45) is 0 Å². The molecular formula is C43H78N5O8P. The van der Waals surface area contributed by atoms with Crippen molar-refractivity contribution < 1.29 is 37.4 Å². The molecule has 328 valence electrons. The van der Waals surface area contributed by atoms with Crippen LogP contribution in [0.1, 0.15) is 201 Å². The van der Waals surface area contributed by atoms with Crippen LogP contribution in [0.5, 0.6) is 0 Å². The van der Waals surface area contributed by atoms with Crippen molar-refractivity contribution in [1.29, 1.82) is 0 Å². The summed E-state index contributed by atoms with van der Waals surface area (Å²) in [4.78, 5) is 37.3. The maximum Gasteiger partial charge on any atom is 0.361 e. The fraction of sp³-hybridized carbons (Fsp3) is 0.837. The van der Waals surface area contributed by atoms with Crippen LogP contribution in [-0.2, 0) is 44.0 Å². The molecule has 14 heteroatoms. The molecular weight excluding hydrogens is 745 g/mol. The Morgan fingerprint density at radius 3 is 1.46 bits per heavy atom. The first kappa shape index (κ1) is 50.5. The molecule has 2 aromatic heterocycles. The Balaban J connectivity index is 1.68. The molecule has 0 aliphatic rings. The van der Waals surface area contributed by atoms with Gasteiger partial charge in [0.2, 0.25) is 13.6 Å². The average Bonchev–Trinajstić information content (AvgIpc) is 3.61. The third-order valence-electron chi connectivity index (χ3n) is 10.3. The number of unbranched alkanes of at least 4 members (excludes halogenated alkanes) is 24. The van der Waals surface area contributed by atoms with E-state index in [1.807, 2.05) is 0 Å². The monoisotopic (exact) mass is 824 g/mol. The van der Waals surface area contributed by atoms with Crippen LogP contribution < -0.4 is 5.73 Å². The molecule has 1 unspecified atom stereocenters. The van der Waals surface area contributed by atoms with Crippen LogP contribution in [0.3, 0.4) is 0 Å². The van der Waals surface area contributed by atoms with E-state index >= 15 is 0 Å². The van der Waals surface area contributed by atoms with Crippen molar-refractivity contribution >= 4 is 36.5 Å². The quantitative estimate of drug-likeness (QED) is 0.0294. The van der Waals surface area contributed by atoms with Gasteiger partial charge in [0, 0.05) is 12.8 Å². The van der Waals surface area contributed by atoms with Crippen LogP contribution in [0.2, 0.25) is 0 Å². The summed E-state index contributed by atoms with van der Waals surface area (Å²) in [5.74, 6) is -0.598. The minimum absolute atomic E-state index is 0.254. The smallest absolute Gasteiger partial charge is 0.361 e. The summed E-state index contributed by atoms with van der Waals surface area (Å²) in [5, 5.41) is 0. The summed E-state index contributed by atoms with van der Waals surface area (Å²) in [7, 11) is -4.00. The second-order valence-electron chi connectivity index (χ2n) is 15.6. The molecule has 2 heterocycles. The lowest BCUT2D eigenvalue weighted by molar-refractivity contribution is -0.152. The molecule has 0 saturated carbocycles. The van der Waals surface area contributed by atoms with Crippen LogP contribution in [-0.4, -0.2) is 57.5 Å². The molecule has 13 nitrogen and oxygen atoms in total. The Labute approximate surface area is 344 Å². The van der Waals surface area contributed by atoms with E-state index in [9.17, 15) is 14.2 Å². The fourth-order valence-corrected chi connectivity index (χ4v) is 7.84. The summed E-state index contributed by atoms with van der Waals surface area (Å²) in [5.41, 5.74) is 6.92. The normalized spacial score (nSPS) is 12.3. The van der Waals surface area contributed by atoms with Crippen molar-refractivity contribution in [1.82, 2.24) is 19.5 Å². The third-order valence-corrected chi connectivity index (χ3v) is 11.8. The molecule has 0 aliphatic carbocycles. The predicted octanol–water partition coefficient (Wildman–Crippen LogP) is 12.0. The highest BCUT2D eigenvalue weighted by molar-refractivity contribution is 7.53. The molecule has 0 saturated heterocycles. The van der Waals surface area contributed by atoms with Crippen LogP contribution in [0.25, 0.3) is 11.2 Å². The summed E-state index contributed by atoms with van der Waals surface area (Å²) in [6.45, 7) is 5.46. The lowest BCUT2D eigenvalue weighted by atomic mass is 10.0. The first-order chi connectivity index (χ1) is 27.8. The molecule has 2 aromatic rings. The SMILES string of the molecule is CCCCCCCCCCCCCCCC(=O)OCOP(=O)(COC(C)Cn1cnc2c(N)ncnc21)OCOC(=O)CCCCCCCCCCCCCCC. The van der Waals surface area contributed by atoms with Gasteiger partial charge in [-0.25, -0.2) is 15.0 Å². The number of hydrogen-bond donors (Lipinski definition) is 1. The zero-order valence-electron chi connectivity index (χ0n) is 35.9. The Kier molecular flexibility index (Phi) is 29.5. The van der Waals surface area contributed by atoms with E-state index in [0.29, 0.717) is 17.7 Å². The molecule has 0 fully saturated rings. The maximum absolute atomic E-state index is 13.7. The largest absolute Gasteiger partial charge is 0.438 e. The van der Waals surface area contributed by atoms with Gasteiger partial charge < -0.3 is 24.5 Å². The van der Waals surface area contributed by atoms with Crippen molar-refractivity contribution in [3.05, 3.63) is 12.7 Å². The van der Waals surface area contributed by atoms with Gasteiger partial charge in [0.1, 0.15) is 18.2 Å². The van der Waals surface area contributed by atoms with Gasteiger partial charge in [0.15, 0.2) is 11.5 Å². The number of anilines is 1. The number of fused-ring (bicyclic) bond motifs is 1. The summed E-state index contributed by atoms with van der Waals surface area (Å²) >= 11 is 0. The van der Waals surface area contributed by atoms with Gasteiger partial charge in [0.25, 0.3) is 0 Å². The van der Waals surface area contributed by atoms with Crippen molar-refractivity contribution in [2.45, 2.75) is 213 Å². The standard InChI is InChI=1S/C43H78N5O8P/c1-4-6-8-10-12-14-16-18-20-22-24-26-28-30-39(49)52-35-55-57(51,37-54-38(3)32-48-34-47-41-42(44)45-33-46-43(41)48)56-36-53-40(50)31-29-27-25-23-21-19-17-15-13-11-9-7-5-2/h33-34,38H,4-32,35-37H2,1-3H3,(H2,44,45,46). The molecule has 0 spiro atoms. The van der Waals surface area contributed by atoms with E-state index in [1.165, 1.54) is 135 Å². The molecule has 0 bridgehead atoms. The number of carbonyl (C=O) groups excluding carboxylic acids is 2. The number of nitrogens with two attached hydrogens (primary N) is 1. The summed E-state index contributed by atoms with van der Waals surface area (Å²) < 4.78 is 42.7. The van der Waals surface area contributed by atoms with Crippen LogP contribution >= 0.6 is 7.60 Å². The average molecular weight is 824 g/mol. The van der Waals surface area contributed by atoms with E-state index in [-0.39, 0.29) is 18.7 Å². The predicted molar refractivity (Wildman–Crippen MR) is 227 cm³/mol. The van der Waals surface area contributed by atoms with Crippen LogP contribution in [0.15, 0.2) is 12.7 Å². The molecule has 57 heavy (non-hydrogen) atoms. The molecule has 0 radical (unpaired) electrons. The second-order valence-corrected chi connectivity index (χ2v) is 17.6. The van der Waals surface area contributed by atoms with Gasteiger partial charge in [-0.3, -0.25) is 23.2 Å². The number of imidazole rings is 1. The highest BCUT2D eigenvalue weighted by Gasteiger charge is 2.28. The topological polar surface area (TPSA) is 167 Å². The van der Waals surface area contributed by atoms with E-state index in [2.05, 4.69) is 28.8 Å². The zero-order chi connectivity index (χ0) is 41.2. The number of ether oxygens (including phenoxy) is 3. The minimum atomic E-state index is -4.00. The minimum Gasteiger partial charge on any atom is -0.438 e. The Bertz CT molecular complexity index is 1310. The van der Waals surface area contributed by atoms with E-state index in [1.54, 1.807) is 17.8 Å². The molecule has 2 N–H and O–H groups in total. The van der Waals surface area contributed by atoms with E-state index in [4.69, 9.17) is 29.0 Å². The van der Waals surface area contributed by atoms with Gasteiger partial charge in [-0.05, 0) is 19.8 Å². The van der Waals surface area contributed by atoms with E-state index < -0.39 is 45.6 Å². The number of carbonyl (C=O) groups is 2. The number of nitrogens with zero attached hydrogens (tertiary/aromatic N) is 4. The molecule has 0 aliphatic heterocycles. The fourth-order valence-electron chi connectivity index (χ4n) is 6.76. The third kappa shape index (κ3) is 25.5. The number of hydrogen-bond acceptors (Lipinski definition) is 12. The summed E-state index contributed by atoms with van der Waals surface area (Å²) in [6.07, 6.45) is 34.1. The lowest BCUT2D eigenvalue weighted by Gasteiger charge is -2.21. The van der Waals surface area contributed by atoms with Crippen LogP contribution in [0, 0.1) is 0 Å². The van der Waals surface area contributed by atoms with Gasteiger partial charge in [-0.15, -0.1) is 0 Å². The Hall–Kier alpha value is -2.60. The number of aromatic nitrogens is 4. The first-order valence-corrected chi connectivity index (χ1v) is 24.2. The lowest BCUT2D eigenvalue weighted by Crippen LogP contribution is -2.19. The van der Waals surface area contributed by atoms with Gasteiger partial charge in [0.05, 0.1) is 19.0 Å². The van der Waals surface area contributed by atoms with Crippen molar-refractivity contribution in [3.8, 4) is 0 Å². The summed E-state index contributed by atoms with van der Waals surface area (Å²) in [6, 6.07) is 0. The first-order valence-electron chi connectivity index (χ1n) is 22.5. The maximum atomic E-state index is 13.7. The van der Waals surface area contributed by atoms with Crippen LogP contribution in [0.4, 0.5) is 5.82 Å². The van der Waals surface area contributed by atoms with Gasteiger partial charge >= 0.3 is 19.5 Å². The zero-order valence-corrected chi connectivity index (χ0v) is 36.8. The highest BCUT2D eigenvalue weighted by atomic mass is 31.2. The number of rotatable bonds is 39. The van der Waals surface area contributed by atoms with Crippen molar-refractivity contribution in [3.63, 3.8) is 0 Å². The Morgan fingerprint density at radius 1 is 0.632 bits per heavy atom. The molecule has 0 aromatic carbocycles. The molecule has 2 rings (SSSR count). The Morgan fingerprint density at radius 2 is 1.04 bits per heavy atom. The molecule has 0 amide bonds. The number of nitrogen functional groups attached to an aromatic ring is 1. The van der Waals surface area contributed by atoms with Crippen molar-refractivity contribution in [2.75, 3.05) is 25.7 Å². The highest BCUT2D eigenvalue weighted by Crippen LogP contribution is 2.48. The molecule has 1 atom stereocenters. The second kappa shape index (κ2) is 33.3. The van der Waals surface area contributed by atoms with E-state index in [0.717, 1.165) is 38.5 Å².